The Morgan fingerprint density at radius 2 is 2.30 bits per heavy atom. The van der Waals surface area contributed by atoms with Crippen LogP contribution in [0.1, 0.15) is 31.0 Å². The zero-order chi connectivity index (χ0) is 15.6. The summed E-state index contributed by atoms with van der Waals surface area (Å²) in [7, 11) is 0. The number of pyridine rings is 1. The summed E-state index contributed by atoms with van der Waals surface area (Å²) >= 11 is 0. The van der Waals surface area contributed by atoms with E-state index < -0.39 is 0 Å². The molecular formula is C17H21N5O. The van der Waals surface area contributed by atoms with Crippen LogP contribution < -0.4 is 5.32 Å². The summed E-state index contributed by atoms with van der Waals surface area (Å²) in [4.78, 5) is 19.0. The molecule has 1 amide bonds. The maximum absolute atomic E-state index is 12.8. The minimum Gasteiger partial charge on any atom is -0.339 e. The summed E-state index contributed by atoms with van der Waals surface area (Å²) < 4.78 is 0. The Kier molecular flexibility index (Phi) is 3.83. The van der Waals surface area contributed by atoms with Gasteiger partial charge in [0.15, 0.2) is 5.65 Å². The van der Waals surface area contributed by atoms with Crippen molar-refractivity contribution in [2.45, 2.75) is 25.3 Å². The molecule has 2 aliphatic rings. The van der Waals surface area contributed by atoms with Crippen LogP contribution in [0.3, 0.4) is 0 Å². The molecule has 23 heavy (non-hydrogen) atoms. The number of hydrogen-bond donors (Lipinski definition) is 2. The monoisotopic (exact) mass is 311 g/mol. The molecule has 6 nitrogen and oxygen atoms in total. The number of nitrogens with zero attached hydrogens (tertiary/aromatic N) is 3. The Morgan fingerprint density at radius 1 is 1.35 bits per heavy atom. The number of amides is 1. The molecule has 1 aliphatic carbocycles. The number of carbonyl (C=O) groups is 1. The molecule has 3 heterocycles. The standard InChI is InChI=1S/C17H21N5O/c23-17(12-5-2-1-3-6-12)22-10-9-18-14(11-22)15-13-7-4-8-19-16(13)21-20-15/h1-2,4,7-8,12,14,18H,3,5-6,9-11H2,(H,19,20,21). The number of aromatic amines is 1. The van der Waals surface area contributed by atoms with Gasteiger partial charge in [0.05, 0.1) is 11.7 Å². The molecule has 6 heteroatoms. The summed E-state index contributed by atoms with van der Waals surface area (Å²) in [5.74, 6) is 0.446. The highest BCUT2D eigenvalue weighted by molar-refractivity contribution is 5.80. The third-order valence-electron chi connectivity index (χ3n) is 4.81. The minimum absolute atomic E-state index is 0.0843. The number of carbonyl (C=O) groups excluding carboxylic acids is 1. The molecular weight excluding hydrogens is 290 g/mol. The van der Waals surface area contributed by atoms with Crippen LogP contribution in [-0.2, 0) is 4.79 Å². The summed E-state index contributed by atoms with van der Waals surface area (Å²) in [6.07, 6.45) is 8.93. The molecule has 1 aliphatic heterocycles. The van der Waals surface area contributed by atoms with Crippen molar-refractivity contribution in [3.63, 3.8) is 0 Å². The first-order valence-corrected chi connectivity index (χ1v) is 8.29. The molecule has 1 saturated heterocycles. The van der Waals surface area contributed by atoms with Gasteiger partial charge in [0.2, 0.25) is 5.91 Å². The van der Waals surface area contributed by atoms with Crippen molar-refractivity contribution in [2.75, 3.05) is 19.6 Å². The fourth-order valence-electron chi connectivity index (χ4n) is 3.55. The first-order valence-electron chi connectivity index (χ1n) is 8.29. The van der Waals surface area contributed by atoms with Crippen molar-refractivity contribution in [3.8, 4) is 0 Å². The number of rotatable bonds is 2. The van der Waals surface area contributed by atoms with Crippen LogP contribution in [0.4, 0.5) is 0 Å². The smallest absolute Gasteiger partial charge is 0.226 e. The molecule has 0 radical (unpaired) electrons. The average molecular weight is 311 g/mol. The van der Waals surface area contributed by atoms with Crippen LogP contribution in [0.5, 0.6) is 0 Å². The van der Waals surface area contributed by atoms with Crippen LogP contribution in [0.25, 0.3) is 11.0 Å². The predicted octanol–water partition coefficient (Wildman–Crippen LogP) is 1.79. The molecule has 2 aromatic heterocycles. The Morgan fingerprint density at radius 3 is 3.17 bits per heavy atom. The molecule has 1 fully saturated rings. The molecule has 0 bridgehead atoms. The summed E-state index contributed by atoms with van der Waals surface area (Å²) in [5, 5.41) is 11.9. The lowest BCUT2D eigenvalue weighted by atomic mass is 9.92. The van der Waals surface area contributed by atoms with E-state index in [1.165, 1.54) is 0 Å². The average Bonchev–Trinajstić information content (AvgIpc) is 3.06. The van der Waals surface area contributed by atoms with Gasteiger partial charge >= 0.3 is 0 Å². The maximum atomic E-state index is 12.8. The van der Waals surface area contributed by atoms with E-state index >= 15 is 0 Å². The van der Waals surface area contributed by atoms with Crippen LogP contribution in [0.2, 0.25) is 0 Å². The predicted molar refractivity (Wildman–Crippen MR) is 87.7 cm³/mol. The van der Waals surface area contributed by atoms with Crippen LogP contribution in [-0.4, -0.2) is 45.6 Å². The minimum atomic E-state index is 0.0843. The topological polar surface area (TPSA) is 73.9 Å². The van der Waals surface area contributed by atoms with Gasteiger partial charge in [-0.05, 0) is 31.4 Å². The van der Waals surface area contributed by atoms with E-state index in [1.807, 2.05) is 17.0 Å². The van der Waals surface area contributed by atoms with Crippen molar-refractivity contribution in [3.05, 3.63) is 36.2 Å². The van der Waals surface area contributed by atoms with E-state index in [0.29, 0.717) is 12.5 Å². The second-order valence-corrected chi connectivity index (χ2v) is 6.28. The Labute approximate surface area is 135 Å². The molecule has 120 valence electrons. The highest BCUT2D eigenvalue weighted by atomic mass is 16.2. The maximum Gasteiger partial charge on any atom is 0.226 e. The SMILES string of the molecule is O=C(C1CC=CCC1)N1CCNC(c2[nH]nc3ncccc23)C1. The lowest BCUT2D eigenvalue weighted by Crippen LogP contribution is -2.50. The fraction of sp³-hybridized carbons (Fsp3) is 0.471. The Bertz CT molecular complexity index is 737. The molecule has 2 atom stereocenters. The van der Waals surface area contributed by atoms with E-state index in [2.05, 4.69) is 32.7 Å². The molecule has 2 N–H and O–H groups in total. The van der Waals surface area contributed by atoms with Crippen LogP contribution in [0.15, 0.2) is 30.5 Å². The van der Waals surface area contributed by atoms with Gasteiger partial charge < -0.3 is 10.2 Å². The fourth-order valence-corrected chi connectivity index (χ4v) is 3.55. The van der Waals surface area contributed by atoms with Gasteiger partial charge in [-0.25, -0.2) is 4.98 Å². The first-order chi connectivity index (χ1) is 11.3. The molecule has 2 aromatic rings. The van der Waals surface area contributed by atoms with E-state index in [1.54, 1.807) is 6.20 Å². The van der Waals surface area contributed by atoms with E-state index in [9.17, 15) is 4.79 Å². The van der Waals surface area contributed by atoms with Crippen LogP contribution in [0, 0.1) is 5.92 Å². The molecule has 4 rings (SSSR count). The normalized spacial score (nSPS) is 25.0. The summed E-state index contributed by atoms with van der Waals surface area (Å²) in [5.41, 5.74) is 1.75. The first kappa shape index (κ1) is 14.4. The number of allylic oxidation sites excluding steroid dienone is 2. The highest BCUT2D eigenvalue weighted by Crippen LogP contribution is 2.26. The Balaban J connectivity index is 1.52. The largest absolute Gasteiger partial charge is 0.339 e. The van der Waals surface area contributed by atoms with Crippen molar-refractivity contribution in [1.29, 1.82) is 0 Å². The third-order valence-corrected chi connectivity index (χ3v) is 4.81. The zero-order valence-corrected chi connectivity index (χ0v) is 13.0. The third kappa shape index (κ3) is 2.74. The van der Waals surface area contributed by atoms with Crippen molar-refractivity contribution in [2.24, 2.45) is 5.92 Å². The molecule has 0 saturated carbocycles. The van der Waals surface area contributed by atoms with Gasteiger partial charge in [-0.2, -0.15) is 5.10 Å². The lowest BCUT2D eigenvalue weighted by molar-refractivity contribution is -0.137. The Hall–Kier alpha value is -2.21. The summed E-state index contributed by atoms with van der Waals surface area (Å²) in [6, 6.07) is 4.03. The van der Waals surface area contributed by atoms with Gasteiger partial charge in [0.1, 0.15) is 0 Å². The van der Waals surface area contributed by atoms with Gasteiger partial charge in [-0.3, -0.25) is 9.89 Å². The number of nitrogens with one attached hydrogen (secondary N) is 2. The molecule has 0 aromatic carbocycles. The zero-order valence-electron chi connectivity index (χ0n) is 13.0. The van der Waals surface area contributed by atoms with Crippen molar-refractivity contribution < 1.29 is 4.79 Å². The quantitative estimate of drug-likeness (QED) is 0.829. The van der Waals surface area contributed by atoms with Gasteiger partial charge in [-0.1, -0.05) is 12.2 Å². The highest BCUT2D eigenvalue weighted by Gasteiger charge is 2.30. The number of aromatic nitrogens is 3. The van der Waals surface area contributed by atoms with Crippen molar-refractivity contribution in [1.82, 2.24) is 25.4 Å². The second kappa shape index (κ2) is 6.12. The van der Waals surface area contributed by atoms with Crippen LogP contribution >= 0.6 is 0 Å². The van der Waals surface area contributed by atoms with Gasteiger partial charge in [0.25, 0.3) is 0 Å². The molecule has 0 spiro atoms. The van der Waals surface area contributed by atoms with E-state index in [-0.39, 0.29) is 12.0 Å². The summed E-state index contributed by atoms with van der Waals surface area (Å²) in [6.45, 7) is 2.27. The number of fused-ring (bicyclic) bond motifs is 1. The van der Waals surface area contributed by atoms with E-state index in [4.69, 9.17) is 0 Å². The number of H-pyrrole nitrogens is 1. The van der Waals surface area contributed by atoms with Gasteiger partial charge in [0, 0.05) is 37.1 Å². The molecule has 2 unspecified atom stereocenters. The number of hydrogen-bond acceptors (Lipinski definition) is 4. The van der Waals surface area contributed by atoms with E-state index in [0.717, 1.165) is 49.1 Å². The lowest BCUT2D eigenvalue weighted by Gasteiger charge is -2.35. The van der Waals surface area contributed by atoms with Crippen molar-refractivity contribution >= 4 is 16.9 Å². The number of piperazine rings is 1. The van der Waals surface area contributed by atoms with Gasteiger partial charge in [-0.15, -0.1) is 0 Å². The second-order valence-electron chi connectivity index (χ2n) is 6.28.